The first-order valence-electron chi connectivity index (χ1n) is 5.61. The molecule has 18 heavy (non-hydrogen) atoms. The summed E-state index contributed by atoms with van der Waals surface area (Å²) in [5, 5.41) is 9.13. The summed E-state index contributed by atoms with van der Waals surface area (Å²) in [4.78, 5) is 25.2. The van der Waals surface area contributed by atoms with Gasteiger partial charge in [0.2, 0.25) is 0 Å². The van der Waals surface area contributed by atoms with Gasteiger partial charge in [-0.2, -0.15) is 0 Å². The normalized spacial score (nSPS) is 27.1. The van der Waals surface area contributed by atoms with E-state index in [9.17, 15) is 9.59 Å². The molecule has 1 saturated heterocycles. The number of rotatable bonds is 2. The van der Waals surface area contributed by atoms with Gasteiger partial charge in [0, 0.05) is 18.2 Å². The second-order valence-corrected chi connectivity index (χ2v) is 4.30. The van der Waals surface area contributed by atoms with Crippen molar-refractivity contribution in [1.29, 1.82) is 0 Å². The van der Waals surface area contributed by atoms with Crippen LogP contribution >= 0.6 is 0 Å². The molecule has 1 aliphatic rings. The van der Waals surface area contributed by atoms with Gasteiger partial charge in [0.25, 0.3) is 5.56 Å². The molecule has 0 aliphatic carbocycles. The van der Waals surface area contributed by atoms with E-state index in [-0.39, 0.29) is 12.5 Å². The molecule has 6 nitrogen and oxygen atoms in total. The molecule has 0 aromatic carbocycles. The average Bonchev–Trinajstić information content (AvgIpc) is 2.76. The first-order chi connectivity index (χ1) is 8.56. The zero-order chi connectivity index (χ0) is 13.3. The van der Waals surface area contributed by atoms with Gasteiger partial charge in [-0.15, -0.1) is 12.3 Å². The zero-order valence-electron chi connectivity index (χ0n) is 9.92. The number of nitrogens with zero attached hydrogens (tertiary/aromatic N) is 1. The van der Waals surface area contributed by atoms with Crippen LogP contribution < -0.4 is 11.2 Å². The Hall–Kier alpha value is -1.84. The minimum Gasteiger partial charge on any atom is -0.394 e. The van der Waals surface area contributed by atoms with Crippen molar-refractivity contribution in [2.24, 2.45) is 5.92 Å². The largest absolute Gasteiger partial charge is 0.394 e. The Kier molecular flexibility index (Phi) is 3.36. The molecule has 0 saturated carbocycles. The SMILES string of the molecule is C#C[C@@H]1C[C@H](n2cc(C)c(=O)[nH]c2=O)O[C@@H]1CO. The molecule has 1 aromatic heterocycles. The summed E-state index contributed by atoms with van der Waals surface area (Å²) in [7, 11) is 0. The van der Waals surface area contributed by atoms with Crippen LogP contribution in [0.4, 0.5) is 0 Å². The van der Waals surface area contributed by atoms with Crippen LogP contribution in [0.15, 0.2) is 15.8 Å². The fourth-order valence-corrected chi connectivity index (χ4v) is 2.05. The van der Waals surface area contributed by atoms with Crippen molar-refractivity contribution in [3.05, 3.63) is 32.6 Å². The Labute approximate surface area is 103 Å². The summed E-state index contributed by atoms with van der Waals surface area (Å²) in [5.41, 5.74) is -0.533. The Morgan fingerprint density at radius 1 is 1.67 bits per heavy atom. The maximum atomic E-state index is 11.7. The van der Waals surface area contributed by atoms with Crippen molar-refractivity contribution >= 4 is 0 Å². The molecule has 96 valence electrons. The van der Waals surface area contributed by atoms with Gasteiger partial charge < -0.3 is 9.84 Å². The van der Waals surface area contributed by atoms with Crippen LogP contribution in [-0.4, -0.2) is 27.4 Å². The summed E-state index contributed by atoms with van der Waals surface area (Å²) in [5.74, 6) is 2.30. The van der Waals surface area contributed by atoms with Crippen molar-refractivity contribution in [3.8, 4) is 12.3 Å². The van der Waals surface area contributed by atoms with E-state index in [1.807, 2.05) is 0 Å². The zero-order valence-corrected chi connectivity index (χ0v) is 9.92. The van der Waals surface area contributed by atoms with E-state index >= 15 is 0 Å². The Morgan fingerprint density at radius 2 is 2.39 bits per heavy atom. The molecular formula is C12H14N2O4. The van der Waals surface area contributed by atoms with E-state index in [1.54, 1.807) is 6.92 Å². The van der Waals surface area contributed by atoms with E-state index in [4.69, 9.17) is 16.3 Å². The third-order valence-electron chi connectivity index (χ3n) is 3.09. The van der Waals surface area contributed by atoms with Gasteiger partial charge in [0.05, 0.1) is 18.6 Å². The van der Waals surface area contributed by atoms with Crippen molar-refractivity contribution in [2.45, 2.75) is 25.7 Å². The number of aliphatic hydroxyl groups is 1. The molecule has 6 heteroatoms. The highest BCUT2D eigenvalue weighted by molar-refractivity contribution is 5.04. The number of aromatic amines is 1. The molecule has 3 atom stereocenters. The molecule has 2 heterocycles. The van der Waals surface area contributed by atoms with Crippen molar-refractivity contribution in [2.75, 3.05) is 6.61 Å². The second-order valence-electron chi connectivity index (χ2n) is 4.30. The third kappa shape index (κ3) is 2.10. The van der Waals surface area contributed by atoms with Gasteiger partial charge in [-0.3, -0.25) is 14.3 Å². The minimum absolute atomic E-state index is 0.192. The molecule has 0 amide bonds. The highest BCUT2D eigenvalue weighted by Gasteiger charge is 2.35. The van der Waals surface area contributed by atoms with Crippen molar-refractivity contribution in [3.63, 3.8) is 0 Å². The number of aryl methyl sites for hydroxylation is 1. The lowest BCUT2D eigenvalue weighted by molar-refractivity contribution is -0.0289. The summed E-state index contributed by atoms with van der Waals surface area (Å²) in [6.07, 6.45) is 6.20. The van der Waals surface area contributed by atoms with E-state index in [2.05, 4.69) is 10.9 Å². The van der Waals surface area contributed by atoms with Gasteiger partial charge in [-0.05, 0) is 6.92 Å². The Bertz CT molecular complexity index is 595. The quantitative estimate of drug-likeness (QED) is 0.685. The van der Waals surface area contributed by atoms with Gasteiger partial charge in [-0.25, -0.2) is 4.79 Å². The van der Waals surface area contributed by atoms with Crippen LogP contribution in [0.3, 0.4) is 0 Å². The predicted octanol–water partition coefficient (Wildman–Crippen LogP) is -0.626. The molecular weight excluding hydrogens is 236 g/mol. The summed E-state index contributed by atoms with van der Waals surface area (Å²) >= 11 is 0. The van der Waals surface area contributed by atoms with Crippen LogP contribution in [0.5, 0.6) is 0 Å². The molecule has 1 fully saturated rings. The molecule has 0 spiro atoms. The molecule has 0 bridgehead atoms. The number of aliphatic hydroxyl groups excluding tert-OH is 1. The summed E-state index contributed by atoms with van der Waals surface area (Å²) < 4.78 is 6.83. The lowest BCUT2D eigenvalue weighted by Crippen LogP contribution is -2.33. The number of ether oxygens (including phenoxy) is 1. The van der Waals surface area contributed by atoms with Crippen molar-refractivity contribution in [1.82, 2.24) is 9.55 Å². The van der Waals surface area contributed by atoms with E-state index < -0.39 is 23.6 Å². The number of hydrogen-bond donors (Lipinski definition) is 2. The van der Waals surface area contributed by atoms with Crippen molar-refractivity contribution < 1.29 is 9.84 Å². The van der Waals surface area contributed by atoms with Crippen LogP contribution in [0, 0.1) is 25.2 Å². The first kappa shape index (κ1) is 12.6. The van der Waals surface area contributed by atoms with Gasteiger partial charge in [0.1, 0.15) is 6.23 Å². The van der Waals surface area contributed by atoms with Crippen LogP contribution in [0.25, 0.3) is 0 Å². The highest BCUT2D eigenvalue weighted by atomic mass is 16.5. The van der Waals surface area contributed by atoms with Crippen LogP contribution in [-0.2, 0) is 4.74 Å². The number of nitrogens with one attached hydrogen (secondary N) is 1. The maximum absolute atomic E-state index is 11.7. The molecule has 2 rings (SSSR count). The number of terminal acetylenes is 1. The van der Waals surface area contributed by atoms with E-state index in [1.165, 1.54) is 10.8 Å². The van der Waals surface area contributed by atoms with E-state index in [0.717, 1.165) is 0 Å². The van der Waals surface area contributed by atoms with Crippen LogP contribution in [0.2, 0.25) is 0 Å². The van der Waals surface area contributed by atoms with Gasteiger partial charge in [0.15, 0.2) is 0 Å². The molecule has 0 unspecified atom stereocenters. The highest BCUT2D eigenvalue weighted by Crippen LogP contribution is 2.31. The van der Waals surface area contributed by atoms with Gasteiger partial charge in [-0.1, -0.05) is 0 Å². The standard InChI is InChI=1S/C12H14N2O4/c1-3-8-4-10(18-9(8)6-15)14-5-7(2)11(16)13-12(14)17/h1,5,8-10,15H,4,6H2,2H3,(H,13,16,17)/t8-,9-,10-/m1/s1. The maximum Gasteiger partial charge on any atom is 0.330 e. The number of hydrogen-bond acceptors (Lipinski definition) is 4. The Balaban J connectivity index is 2.35. The second kappa shape index (κ2) is 4.80. The minimum atomic E-state index is -0.550. The topological polar surface area (TPSA) is 84.3 Å². The smallest absolute Gasteiger partial charge is 0.330 e. The molecule has 1 aromatic rings. The summed E-state index contributed by atoms with van der Waals surface area (Å²) in [6, 6.07) is 0. The third-order valence-corrected chi connectivity index (χ3v) is 3.09. The number of aromatic nitrogens is 2. The van der Waals surface area contributed by atoms with Gasteiger partial charge >= 0.3 is 5.69 Å². The lowest BCUT2D eigenvalue weighted by Gasteiger charge is -2.14. The fraction of sp³-hybridized carbons (Fsp3) is 0.500. The first-order valence-corrected chi connectivity index (χ1v) is 5.61. The lowest BCUT2D eigenvalue weighted by atomic mass is 10.0. The number of H-pyrrole nitrogens is 1. The average molecular weight is 250 g/mol. The fourth-order valence-electron chi connectivity index (χ4n) is 2.05. The monoisotopic (exact) mass is 250 g/mol. The van der Waals surface area contributed by atoms with Crippen LogP contribution in [0.1, 0.15) is 18.2 Å². The predicted molar refractivity (Wildman–Crippen MR) is 64.0 cm³/mol. The Morgan fingerprint density at radius 3 is 2.94 bits per heavy atom. The molecule has 2 N–H and O–H groups in total. The molecule has 0 radical (unpaired) electrons. The van der Waals surface area contributed by atoms with E-state index in [0.29, 0.717) is 12.0 Å². The molecule has 1 aliphatic heterocycles. The summed E-state index contributed by atoms with van der Waals surface area (Å²) in [6.45, 7) is 1.41.